The molecular weight excluding hydrogens is 247 g/mol. The van der Waals surface area contributed by atoms with Crippen LogP contribution in [0.1, 0.15) is 12.0 Å². The van der Waals surface area contributed by atoms with Gasteiger partial charge < -0.3 is 9.47 Å². The molecule has 0 atom stereocenters. The van der Waals surface area contributed by atoms with Crippen molar-refractivity contribution in [1.82, 2.24) is 4.90 Å². The number of ether oxygens (including phenoxy) is 2. The van der Waals surface area contributed by atoms with Gasteiger partial charge in [-0.15, -0.1) is 0 Å². The van der Waals surface area contributed by atoms with Crippen LogP contribution in [0.4, 0.5) is 4.39 Å². The molecule has 0 N–H and O–H groups in total. The Morgan fingerprint density at radius 2 is 2.16 bits per heavy atom. The Bertz CT molecular complexity index is 453. The maximum absolute atomic E-state index is 13.3. The van der Waals surface area contributed by atoms with E-state index in [-0.39, 0.29) is 5.56 Å². The molecule has 0 saturated carbocycles. The Morgan fingerprint density at radius 1 is 1.37 bits per heavy atom. The first-order valence-electron chi connectivity index (χ1n) is 6.43. The molecule has 0 aromatic heterocycles. The van der Waals surface area contributed by atoms with Crippen molar-refractivity contribution >= 4 is 0 Å². The third-order valence-corrected chi connectivity index (χ3v) is 3.07. The molecule has 0 radical (unpaired) electrons. The molecule has 5 heteroatoms. The van der Waals surface area contributed by atoms with E-state index in [1.807, 2.05) is 6.07 Å². The first-order valence-corrected chi connectivity index (χ1v) is 6.43. The highest BCUT2D eigenvalue weighted by Crippen LogP contribution is 2.20. The molecule has 102 valence electrons. The van der Waals surface area contributed by atoms with Gasteiger partial charge >= 0.3 is 0 Å². The predicted octanol–water partition coefficient (Wildman–Crippen LogP) is 1.80. The molecule has 0 amide bonds. The van der Waals surface area contributed by atoms with Crippen molar-refractivity contribution in [2.24, 2.45) is 0 Å². The van der Waals surface area contributed by atoms with Crippen molar-refractivity contribution in [3.8, 4) is 11.8 Å². The first kappa shape index (κ1) is 13.8. The number of nitriles is 1. The summed E-state index contributed by atoms with van der Waals surface area (Å²) in [5.74, 6) is -0.211. The summed E-state index contributed by atoms with van der Waals surface area (Å²) < 4.78 is 24.1. The van der Waals surface area contributed by atoms with Crippen molar-refractivity contribution in [3.63, 3.8) is 0 Å². The van der Waals surface area contributed by atoms with Gasteiger partial charge in [-0.2, -0.15) is 5.26 Å². The second kappa shape index (κ2) is 7.07. The number of nitrogens with zero attached hydrogens (tertiary/aromatic N) is 2. The van der Waals surface area contributed by atoms with E-state index in [0.717, 1.165) is 39.3 Å². The van der Waals surface area contributed by atoms with Crippen LogP contribution in [0.15, 0.2) is 18.2 Å². The molecule has 19 heavy (non-hydrogen) atoms. The first-order chi connectivity index (χ1) is 9.31. The van der Waals surface area contributed by atoms with Crippen LogP contribution in [0.2, 0.25) is 0 Å². The number of morpholine rings is 1. The normalized spacial score (nSPS) is 16.0. The summed E-state index contributed by atoms with van der Waals surface area (Å²) in [6.07, 6.45) is 0.849. The second-order valence-electron chi connectivity index (χ2n) is 4.38. The summed E-state index contributed by atoms with van der Waals surface area (Å²) in [4.78, 5) is 2.31. The minimum absolute atomic E-state index is 0.0196. The molecule has 0 bridgehead atoms. The Labute approximate surface area is 112 Å². The van der Waals surface area contributed by atoms with Crippen LogP contribution in [-0.2, 0) is 4.74 Å². The van der Waals surface area contributed by atoms with E-state index in [1.54, 1.807) is 12.1 Å². The average molecular weight is 264 g/mol. The summed E-state index contributed by atoms with van der Waals surface area (Å²) in [6, 6.07) is 6.26. The van der Waals surface area contributed by atoms with Gasteiger partial charge in [0.15, 0.2) is 0 Å². The van der Waals surface area contributed by atoms with Gasteiger partial charge in [-0.25, -0.2) is 4.39 Å². The highest BCUT2D eigenvalue weighted by molar-refractivity contribution is 5.43. The van der Waals surface area contributed by atoms with Crippen molar-refractivity contribution in [2.75, 3.05) is 39.5 Å². The van der Waals surface area contributed by atoms with Crippen LogP contribution >= 0.6 is 0 Å². The third-order valence-electron chi connectivity index (χ3n) is 3.07. The standard InChI is InChI=1S/C14H17FN2O2/c15-13-3-1-4-14(12(13)11-16)19-8-2-5-17-6-9-18-10-7-17/h1,3-4H,2,5-10H2. The van der Waals surface area contributed by atoms with E-state index >= 15 is 0 Å². The number of rotatable bonds is 5. The van der Waals surface area contributed by atoms with Crippen molar-refractivity contribution in [3.05, 3.63) is 29.6 Å². The predicted molar refractivity (Wildman–Crippen MR) is 68.5 cm³/mol. The molecule has 4 nitrogen and oxygen atoms in total. The van der Waals surface area contributed by atoms with Crippen LogP contribution < -0.4 is 4.74 Å². The fourth-order valence-corrected chi connectivity index (χ4v) is 2.03. The lowest BCUT2D eigenvalue weighted by Gasteiger charge is -2.26. The second-order valence-corrected chi connectivity index (χ2v) is 4.38. The largest absolute Gasteiger partial charge is 0.492 e. The Morgan fingerprint density at radius 3 is 2.89 bits per heavy atom. The van der Waals surface area contributed by atoms with Gasteiger partial charge in [0, 0.05) is 19.6 Å². The highest BCUT2D eigenvalue weighted by atomic mass is 19.1. The smallest absolute Gasteiger partial charge is 0.144 e. The lowest BCUT2D eigenvalue weighted by Crippen LogP contribution is -2.37. The van der Waals surface area contributed by atoms with Crippen LogP contribution in [0.5, 0.6) is 5.75 Å². The molecule has 1 fully saturated rings. The average Bonchev–Trinajstić information content (AvgIpc) is 2.45. The van der Waals surface area contributed by atoms with Crippen LogP contribution in [0, 0.1) is 17.1 Å². The summed E-state index contributed by atoms with van der Waals surface area (Å²) in [6.45, 7) is 4.87. The maximum Gasteiger partial charge on any atom is 0.144 e. The molecule has 0 aliphatic carbocycles. The lowest BCUT2D eigenvalue weighted by molar-refractivity contribution is 0.0358. The van der Waals surface area contributed by atoms with Crippen LogP contribution in [0.25, 0.3) is 0 Å². The van der Waals surface area contributed by atoms with E-state index in [9.17, 15) is 4.39 Å². The van der Waals surface area contributed by atoms with Crippen LogP contribution in [-0.4, -0.2) is 44.4 Å². The van der Waals surface area contributed by atoms with Crippen LogP contribution in [0.3, 0.4) is 0 Å². The van der Waals surface area contributed by atoms with E-state index < -0.39 is 5.82 Å². The molecule has 1 aliphatic rings. The van der Waals surface area contributed by atoms with E-state index in [1.165, 1.54) is 6.07 Å². The zero-order chi connectivity index (χ0) is 13.5. The van der Waals surface area contributed by atoms with Gasteiger partial charge in [-0.1, -0.05) is 6.07 Å². The maximum atomic E-state index is 13.3. The van der Waals surface area contributed by atoms with Gasteiger partial charge in [0.05, 0.1) is 19.8 Å². The van der Waals surface area contributed by atoms with E-state index in [0.29, 0.717) is 12.4 Å². The molecule has 1 aliphatic heterocycles. The fourth-order valence-electron chi connectivity index (χ4n) is 2.03. The Kier molecular flexibility index (Phi) is 5.13. The quantitative estimate of drug-likeness (QED) is 0.761. The SMILES string of the molecule is N#Cc1c(F)cccc1OCCCN1CCOCC1. The molecule has 0 unspecified atom stereocenters. The molecule has 1 heterocycles. The Balaban J connectivity index is 1.76. The molecule has 2 rings (SSSR count). The number of benzene rings is 1. The lowest BCUT2D eigenvalue weighted by atomic mass is 10.2. The fraction of sp³-hybridized carbons (Fsp3) is 0.500. The Hall–Kier alpha value is -1.64. The zero-order valence-electron chi connectivity index (χ0n) is 10.8. The summed E-state index contributed by atoms with van der Waals surface area (Å²) in [5, 5.41) is 8.87. The zero-order valence-corrected chi connectivity index (χ0v) is 10.8. The molecular formula is C14H17FN2O2. The summed E-state index contributed by atoms with van der Waals surface area (Å²) >= 11 is 0. The van der Waals surface area contributed by atoms with Gasteiger partial charge in [0.25, 0.3) is 0 Å². The third kappa shape index (κ3) is 3.91. The minimum Gasteiger partial charge on any atom is -0.492 e. The van der Waals surface area contributed by atoms with Crippen molar-refractivity contribution < 1.29 is 13.9 Å². The molecule has 1 saturated heterocycles. The number of hydrogen-bond donors (Lipinski definition) is 0. The summed E-state index contributed by atoms with van der Waals surface area (Å²) in [5.41, 5.74) is -0.0196. The molecule has 0 spiro atoms. The molecule has 1 aromatic carbocycles. The number of halogens is 1. The van der Waals surface area contributed by atoms with E-state index in [2.05, 4.69) is 4.90 Å². The van der Waals surface area contributed by atoms with Crippen molar-refractivity contribution in [1.29, 1.82) is 5.26 Å². The summed E-state index contributed by atoms with van der Waals surface area (Å²) in [7, 11) is 0. The topological polar surface area (TPSA) is 45.5 Å². The molecule has 1 aromatic rings. The van der Waals surface area contributed by atoms with Crippen molar-refractivity contribution in [2.45, 2.75) is 6.42 Å². The van der Waals surface area contributed by atoms with E-state index in [4.69, 9.17) is 14.7 Å². The van der Waals surface area contributed by atoms with Gasteiger partial charge in [0.2, 0.25) is 0 Å². The number of hydrogen-bond acceptors (Lipinski definition) is 4. The van der Waals surface area contributed by atoms with Gasteiger partial charge in [-0.3, -0.25) is 4.90 Å². The monoisotopic (exact) mass is 264 g/mol. The minimum atomic E-state index is -0.534. The van der Waals surface area contributed by atoms with Gasteiger partial charge in [0.1, 0.15) is 23.2 Å². The van der Waals surface area contributed by atoms with Gasteiger partial charge in [-0.05, 0) is 18.6 Å². The highest BCUT2D eigenvalue weighted by Gasteiger charge is 2.11.